The summed E-state index contributed by atoms with van der Waals surface area (Å²) in [5, 5.41) is 4.29. The fourth-order valence-electron chi connectivity index (χ4n) is 1.78. The molecule has 84 valence electrons. The van der Waals surface area contributed by atoms with E-state index in [-0.39, 0.29) is 6.04 Å². The number of aryl methyl sites for hydroxylation is 2. The minimum absolute atomic E-state index is 0.0913. The van der Waals surface area contributed by atoms with Crippen LogP contribution in [0.1, 0.15) is 29.2 Å². The summed E-state index contributed by atoms with van der Waals surface area (Å²) in [6.45, 7) is 2.08. The van der Waals surface area contributed by atoms with Crippen LogP contribution in [0.15, 0.2) is 35.3 Å². The number of nitrogens with zero attached hydrogens (tertiary/aromatic N) is 1. The summed E-state index contributed by atoms with van der Waals surface area (Å²) in [5.41, 5.74) is 9.95. The fraction of sp³-hybridized carbons (Fsp3) is 0.308. The van der Waals surface area contributed by atoms with Crippen LogP contribution in [-0.2, 0) is 6.42 Å². The second kappa shape index (κ2) is 5.23. The fourth-order valence-corrected chi connectivity index (χ4v) is 2.48. The molecule has 0 saturated heterocycles. The van der Waals surface area contributed by atoms with Crippen molar-refractivity contribution >= 4 is 11.3 Å². The summed E-state index contributed by atoms with van der Waals surface area (Å²) in [6, 6.07) is 4.27. The van der Waals surface area contributed by atoms with E-state index in [9.17, 15) is 0 Å². The number of aromatic nitrogens is 1. The lowest BCUT2D eigenvalue weighted by molar-refractivity contribution is 0.646. The first-order valence-corrected chi connectivity index (χ1v) is 6.39. The van der Waals surface area contributed by atoms with E-state index >= 15 is 0 Å². The molecule has 0 radical (unpaired) electrons. The highest BCUT2D eigenvalue weighted by Crippen LogP contribution is 2.19. The molecule has 0 aliphatic carbocycles. The zero-order chi connectivity index (χ0) is 11.4. The SMILES string of the molecule is Cc1ccncc1C(N)CCc1ccsc1. The molecule has 2 rings (SSSR count). The topological polar surface area (TPSA) is 38.9 Å². The van der Waals surface area contributed by atoms with Gasteiger partial charge in [-0.2, -0.15) is 11.3 Å². The molecule has 1 atom stereocenters. The zero-order valence-corrected chi connectivity index (χ0v) is 10.2. The van der Waals surface area contributed by atoms with Crippen molar-refractivity contribution in [2.75, 3.05) is 0 Å². The van der Waals surface area contributed by atoms with E-state index in [0.717, 1.165) is 18.4 Å². The van der Waals surface area contributed by atoms with Gasteiger partial charge in [0.2, 0.25) is 0 Å². The van der Waals surface area contributed by atoms with E-state index in [2.05, 4.69) is 28.7 Å². The van der Waals surface area contributed by atoms with E-state index < -0.39 is 0 Å². The molecular formula is C13H16N2S. The molecule has 2 heterocycles. The predicted molar refractivity (Wildman–Crippen MR) is 68.5 cm³/mol. The van der Waals surface area contributed by atoms with Crippen LogP contribution in [0, 0.1) is 6.92 Å². The largest absolute Gasteiger partial charge is 0.324 e. The number of thiophene rings is 1. The van der Waals surface area contributed by atoms with Crippen LogP contribution in [0.3, 0.4) is 0 Å². The minimum Gasteiger partial charge on any atom is -0.324 e. The number of hydrogen-bond acceptors (Lipinski definition) is 3. The lowest BCUT2D eigenvalue weighted by atomic mass is 9.99. The molecule has 0 amide bonds. The molecule has 0 saturated carbocycles. The molecule has 0 bridgehead atoms. The third-order valence-corrected chi connectivity index (χ3v) is 3.54. The lowest BCUT2D eigenvalue weighted by Crippen LogP contribution is -2.12. The van der Waals surface area contributed by atoms with Gasteiger partial charge in [0.15, 0.2) is 0 Å². The first-order chi connectivity index (χ1) is 7.77. The first-order valence-electron chi connectivity index (χ1n) is 5.44. The quantitative estimate of drug-likeness (QED) is 0.879. The van der Waals surface area contributed by atoms with Crippen molar-refractivity contribution in [1.29, 1.82) is 0 Å². The molecule has 3 heteroatoms. The van der Waals surface area contributed by atoms with Gasteiger partial charge in [-0.15, -0.1) is 0 Å². The van der Waals surface area contributed by atoms with Gasteiger partial charge in [0, 0.05) is 18.4 Å². The molecule has 2 aromatic rings. The number of hydrogen-bond donors (Lipinski definition) is 1. The van der Waals surface area contributed by atoms with E-state index in [4.69, 9.17) is 5.73 Å². The second-order valence-corrected chi connectivity index (χ2v) is 4.79. The Labute approximate surface area is 100 Å². The van der Waals surface area contributed by atoms with Gasteiger partial charge in [0.1, 0.15) is 0 Å². The van der Waals surface area contributed by atoms with E-state index in [1.54, 1.807) is 11.3 Å². The van der Waals surface area contributed by atoms with Gasteiger partial charge in [0.25, 0.3) is 0 Å². The normalized spacial score (nSPS) is 12.6. The summed E-state index contributed by atoms with van der Waals surface area (Å²) < 4.78 is 0. The smallest absolute Gasteiger partial charge is 0.0318 e. The maximum atomic E-state index is 6.18. The van der Waals surface area contributed by atoms with Crippen LogP contribution in [0.5, 0.6) is 0 Å². The van der Waals surface area contributed by atoms with Crippen LogP contribution in [0.4, 0.5) is 0 Å². The lowest BCUT2D eigenvalue weighted by Gasteiger charge is -2.13. The van der Waals surface area contributed by atoms with Crippen LogP contribution < -0.4 is 5.73 Å². The summed E-state index contributed by atoms with van der Waals surface area (Å²) >= 11 is 1.74. The molecule has 0 fully saturated rings. The van der Waals surface area contributed by atoms with Gasteiger partial charge < -0.3 is 5.73 Å². The molecule has 1 unspecified atom stereocenters. The number of nitrogens with two attached hydrogens (primary N) is 1. The Bertz CT molecular complexity index is 437. The zero-order valence-electron chi connectivity index (χ0n) is 9.39. The van der Waals surface area contributed by atoms with Gasteiger partial charge in [-0.25, -0.2) is 0 Å². The third-order valence-electron chi connectivity index (χ3n) is 2.80. The molecule has 0 aliphatic rings. The first kappa shape index (κ1) is 11.3. The van der Waals surface area contributed by atoms with Crippen LogP contribution in [-0.4, -0.2) is 4.98 Å². The van der Waals surface area contributed by atoms with Crippen molar-refractivity contribution in [2.24, 2.45) is 5.73 Å². The van der Waals surface area contributed by atoms with Gasteiger partial charge in [-0.1, -0.05) is 0 Å². The van der Waals surface area contributed by atoms with Gasteiger partial charge in [0.05, 0.1) is 0 Å². The van der Waals surface area contributed by atoms with Gasteiger partial charge >= 0.3 is 0 Å². The van der Waals surface area contributed by atoms with Crippen molar-refractivity contribution in [1.82, 2.24) is 4.98 Å². The number of pyridine rings is 1. The predicted octanol–water partition coefficient (Wildman–Crippen LogP) is 3.08. The average molecular weight is 232 g/mol. The molecule has 16 heavy (non-hydrogen) atoms. The highest BCUT2D eigenvalue weighted by molar-refractivity contribution is 7.07. The Morgan fingerprint density at radius 3 is 3.00 bits per heavy atom. The maximum Gasteiger partial charge on any atom is 0.0318 e. The van der Waals surface area contributed by atoms with Crippen molar-refractivity contribution in [3.8, 4) is 0 Å². The molecular weight excluding hydrogens is 216 g/mol. The summed E-state index contributed by atoms with van der Waals surface area (Å²) in [7, 11) is 0. The van der Waals surface area contributed by atoms with Crippen molar-refractivity contribution in [3.05, 3.63) is 52.0 Å². The van der Waals surface area contributed by atoms with Crippen molar-refractivity contribution in [2.45, 2.75) is 25.8 Å². The Kier molecular flexibility index (Phi) is 3.70. The van der Waals surface area contributed by atoms with E-state index in [1.807, 2.05) is 18.5 Å². The monoisotopic (exact) mass is 232 g/mol. The van der Waals surface area contributed by atoms with E-state index in [1.165, 1.54) is 11.1 Å². The van der Waals surface area contributed by atoms with Gasteiger partial charge in [-0.05, 0) is 59.3 Å². The molecule has 0 spiro atoms. The average Bonchev–Trinajstić information content (AvgIpc) is 2.79. The Balaban J connectivity index is 1.98. The van der Waals surface area contributed by atoms with Crippen LogP contribution in [0.2, 0.25) is 0 Å². The molecule has 2 N–H and O–H groups in total. The highest BCUT2D eigenvalue weighted by Gasteiger charge is 2.08. The standard InChI is InChI=1S/C13H16N2S/c1-10-4-6-15-8-12(10)13(14)3-2-11-5-7-16-9-11/h4-9,13H,2-3,14H2,1H3. The Hall–Kier alpha value is -1.19. The third kappa shape index (κ3) is 2.68. The Morgan fingerprint density at radius 2 is 2.31 bits per heavy atom. The second-order valence-electron chi connectivity index (χ2n) is 4.01. The highest BCUT2D eigenvalue weighted by atomic mass is 32.1. The minimum atomic E-state index is 0.0913. The summed E-state index contributed by atoms with van der Waals surface area (Å²) in [4.78, 5) is 4.13. The van der Waals surface area contributed by atoms with Crippen LogP contribution in [0.25, 0.3) is 0 Å². The summed E-state index contributed by atoms with van der Waals surface area (Å²) in [5.74, 6) is 0. The van der Waals surface area contributed by atoms with Crippen molar-refractivity contribution < 1.29 is 0 Å². The maximum absolute atomic E-state index is 6.18. The molecule has 0 aliphatic heterocycles. The molecule has 2 aromatic heterocycles. The summed E-state index contributed by atoms with van der Waals surface area (Å²) in [6.07, 6.45) is 5.71. The Morgan fingerprint density at radius 1 is 1.44 bits per heavy atom. The van der Waals surface area contributed by atoms with Gasteiger partial charge in [-0.3, -0.25) is 4.98 Å². The molecule has 2 nitrogen and oxygen atoms in total. The molecule has 0 aromatic carbocycles. The number of rotatable bonds is 4. The van der Waals surface area contributed by atoms with E-state index in [0.29, 0.717) is 0 Å². The van der Waals surface area contributed by atoms with Crippen molar-refractivity contribution in [3.63, 3.8) is 0 Å². The van der Waals surface area contributed by atoms with Crippen LogP contribution >= 0.6 is 11.3 Å².